The predicted octanol–water partition coefficient (Wildman–Crippen LogP) is 3.03. The molecule has 2 aromatic heterocycles. The van der Waals surface area contributed by atoms with E-state index in [4.69, 9.17) is 10.3 Å². The molecule has 2 saturated heterocycles. The summed E-state index contributed by atoms with van der Waals surface area (Å²) in [5, 5.41) is 5.04. The molecule has 0 spiro atoms. The average molecular weight is 304 g/mol. The van der Waals surface area contributed by atoms with Crippen molar-refractivity contribution >= 4 is 16.3 Å². The lowest BCUT2D eigenvalue weighted by molar-refractivity contribution is 0.157. The Morgan fingerprint density at radius 1 is 1.33 bits per heavy atom. The van der Waals surface area contributed by atoms with Crippen molar-refractivity contribution in [3.05, 3.63) is 17.5 Å². The minimum atomic E-state index is 0.439. The third kappa shape index (κ3) is 2.17. The van der Waals surface area contributed by atoms with E-state index in [-0.39, 0.29) is 0 Å². The van der Waals surface area contributed by atoms with Crippen LogP contribution in [0.1, 0.15) is 43.0 Å². The summed E-state index contributed by atoms with van der Waals surface area (Å²) >= 11 is 1.51. The van der Waals surface area contributed by atoms with Crippen LogP contribution >= 0.6 is 11.3 Å². The maximum atomic E-state index is 5.85. The molecule has 2 N–H and O–H groups in total. The summed E-state index contributed by atoms with van der Waals surface area (Å²) in [5.41, 5.74) is 6.96. The number of nitrogens with two attached hydrogens (primary N) is 1. The largest absolute Gasteiger partial charge is 0.391 e. The second-order valence-corrected chi connectivity index (χ2v) is 7.42. The summed E-state index contributed by atoms with van der Waals surface area (Å²) in [5.74, 6) is 1.94. The molecule has 4 rings (SSSR count). The van der Waals surface area contributed by atoms with E-state index in [0.29, 0.717) is 23.9 Å². The molecule has 0 radical (unpaired) electrons. The molecule has 2 unspecified atom stereocenters. The van der Waals surface area contributed by atoms with Crippen molar-refractivity contribution in [2.45, 2.75) is 50.6 Å². The van der Waals surface area contributed by atoms with E-state index in [1.165, 1.54) is 24.2 Å². The topological polar surface area (TPSA) is 68.2 Å². The Morgan fingerprint density at radius 3 is 2.67 bits per heavy atom. The van der Waals surface area contributed by atoms with Crippen molar-refractivity contribution in [3.63, 3.8) is 0 Å². The first-order chi connectivity index (χ1) is 10.1. The van der Waals surface area contributed by atoms with Crippen molar-refractivity contribution in [3.8, 4) is 10.8 Å². The Balaban J connectivity index is 1.59. The number of aryl methyl sites for hydroxylation is 1. The zero-order valence-corrected chi connectivity index (χ0v) is 13.2. The number of hydrogen-bond acceptors (Lipinski definition) is 6. The number of nitrogens with zero attached hydrogens (tertiary/aromatic N) is 3. The van der Waals surface area contributed by atoms with Gasteiger partial charge in [0.25, 0.3) is 5.89 Å². The summed E-state index contributed by atoms with van der Waals surface area (Å²) in [7, 11) is 2.25. The predicted molar refractivity (Wildman–Crippen MR) is 83.3 cm³/mol. The minimum absolute atomic E-state index is 0.439. The number of anilines is 1. The van der Waals surface area contributed by atoms with E-state index in [1.54, 1.807) is 0 Å². The van der Waals surface area contributed by atoms with Crippen LogP contribution in [0.2, 0.25) is 0 Å². The molecule has 2 aliphatic rings. The lowest BCUT2D eigenvalue weighted by Gasteiger charge is -2.34. The normalized spacial score (nSPS) is 29.1. The number of fused-ring (bicyclic) bond motifs is 2. The fourth-order valence-electron chi connectivity index (χ4n) is 3.83. The van der Waals surface area contributed by atoms with Crippen molar-refractivity contribution < 1.29 is 4.52 Å². The zero-order valence-electron chi connectivity index (χ0n) is 12.4. The first-order valence-electron chi connectivity index (χ1n) is 7.53. The van der Waals surface area contributed by atoms with Gasteiger partial charge in [-0.1, -0.05) is 5.16 Å². The van der Waals surface area contributed by atoms with Gasteiger partial charge in [0, 0.05) is 18.0 Å². The maximum absolute atomic E-state index is 5.85. The van der Waals surface area contributed by atoms with Crippen LogP contribution in [0.25, 0.3) is 10.8 Å². The molecule has 0 aliphatic carbocycles. The second kappa shape index (κ2) is 4.81. The van der Waals surface area contributed by atoms with Crippen LogP contribution in [0, 0.1) is 6.92 Å². The average Bonchev–Trinajstić information content (AvgIpc) is 3.08. The molecule has 0 saturated carbocycles. The van der Waals surface area contributed by atoms with E-state index in [0.717, 1.165) is 34.1 Å². The van der Waals surface area contributed by atoms with E-state index < -0.39 is 0 Å². The van der Waals surface area contributed by atoms with Crippen LogP contribution in [0.4, 0.5) is 5.00 Å². The number of thiophene rings is 1. The Kier molecular flexibility index (Phi) is 3.04. The Morgan fingerprint density at radius 2 is 2.05 bits per heavy atom. The summed E-state index contributed by atoms with van der Waals surface area (Å²) in [4.78, 5) is 8.19. The van der Waals surface area contributed by atoms with Crippen molar-refractivity contribution in [1.82, 2.24) is 15.0 Å². The van der Waals surface area contributed by atoms with Crippen LogP contribution in [0.15, 0.2) is 10.6 Å². The molecular formula is C15H20N4OS. The molecule has 0 aromatic carbocycles. The van der Waals surface area contributed by atoms with Crippen LogP contribution in [0.5, 0.6) is 0 Å². The van der Waals surface area contributed by atoms with Gasteiger partial charge in [0.1, 0.15) is 0 Å². The molecule has 2 bridgehead atoms. The Labute approximate surface area is 128 Å². The standard InChI is InChI=1S/C15H20N4OS/c1-8-5-12(16)21-13(8)15-17-14(18-20-15)9-6-10-3-4-11(7-9)19(10)2/h5,9-11H,3-4,6-7,16H2,1-2H3. The van der Waals surface area contributed by atoms with Crippen molar-refractivity contribution in [2.24, 2.45) is 0 Å². The van der Waals surface area contributed by atoms with Crippen LogP contribution < -0.4 is 5.73 Å². The van der Waals surface area contributed by atoms with Gasteiger partial charge < -0.3 is 15.2 Å². The van der Waals surface area contributed by atoms with Gasteiger partial charge in [-0.25, -0.2) is 0 Å². The highest BCUT2D eigenvalue weighted by atomic mass is 32.1. The van der Waals surface area contributed by atoms with Gasteiger partial charge in [-0.2, -0.15) is 4.98 Å². The quantitative estimate of drug-likeness (QED) is 0.923. The number of rotatable bonds is 2. The van der Waals surface area contributed by atoms with E-state index in [2.05, 4.69) is 22.1 Å². The summed E-state index contributed by atoms with van der Waals surface area (Å²) in [6.07, 6.45) is 4.92. The number of aromatic nitrogens is 2. The van der Waals surface area contributed by atoms with Gasteiger partial charge in [0.15, 0.2) is 5.82 Å². The number of nitrogen functional groups attached to an aromatic ring is 1. The Bertz CT molecular complexity index is 650. The molecule has 2 aliphatic heterocycles. The van der Waals surface area contributed by atoms with Crippen molar-refractivity contribution in [1.29, 1.82) is 0 Å². The Hall–Kier alpha value is -1.40. The lowest BCUT2D eigenvalue weighted by Crippen LogP contribution is -2.39. The first-order valence-corrected chi connectivity index (χ1v) is 8.35. The third-order valence-corrected chi connectivity index (χ3v) is 6.09. The summed E-state index contributed by atoms with van der Waals surface area (Å²) in [6, 6.07) is 3.34. The second-order valence-electron chi connectivity index (χ2n) is 6.34. The molecule has 112 valence electrons. The van der Waals surface area contributed by atoms with Gasteiger partial charge in [0.2, 0.25) is 0 Å². The highest BCUT2D eigenvalue weighted by Crippen LogP contribution is 2.42. The van der Waals surface area contributed by atoms with E-state index >= 15 is 0 Å². The number of hydrogen-bond donors (Lipinski definition) is 1. The molecule has 21 heavy (non-hydrogen) atoms. The fraction of sp³-hybridized carbons (Fsp3) is 0.600. The molecule has 2 aromatic rings. The SMILES string of the molecule is Cc1cc(N)sc1-c1nc(C2CC3CCC(C2)N3C)no1. The van der Waals surface area contributed by atoms with Crippen LogP contribution in [0.3, 0.4) is 0 Å². The molecule has 5 nitrogen and oxygen atoms in total. The number of piperidine rings is 1. The maximum Gasteiger partial charge on any atom is 0.268 e. The highest BCUT2D eigenvalue weighted by Gasteiger charge is 2.40. The molecule has 0 amide bonds. The lowest BCUT2D eigenvalue weighted by atomic mass is 9.90. The molecular weight excluding hydrogens is 284 g/mol. The van der Waals surface area contributed by atoms with E-state index in [1.807, 2.05) is 13.0 Å². The fourth-order valence-corrected chi connectivity index (χ4v) is 4.70. The third-order valence-electron chi connectivity index (χ3n) is 5.04. The van der Waals surface area contributed by atoms with Gasteiger partial charge >= 0.3 is 0 Å². The summed E-state index contributed by atoms with van der Waals surface area (Å²) < 4.78 is 5.50. The smallest absolute Gasteiger partial charge is 0.268 e. The first kappa shape index (κ1) is 13.3. The van der Waals surface area contributed by atoms with Crippen LogP contribution in [-0.2, 0) is 0 Å². The summed E-state index contributed by atoms with van der Waals surface area (Å²) in [6.45, 7) is 2.03. The minimum Gasteiger partial charge on any atom is -0.391 e. The monoisotopic (exact) mass is 304 g/mol. The van der Waals surface area contributed by atoms with Gasteiger partial charge in [0.05, 0.1) is 9.88 Å². The molecule has 2 fully saturated rings. The highest BCUT2D eigenvalue weighted by molar-refractivity contribution is 7.19. The zero-order chi connectivity index (χ0) is 14.6. The van der Waals surface area contributed by atoms with Gasteiger partial charge in [-0.3, -0.25) is 0 Å². The molecule has 6 heteroatoms. The molecule has 4 heterocycles. The van der Waals surface area contributed by atoms with E-state index in [9.17, 15) is 0 Å². The van der Waals surface area contributed by atoms with Gasteiger partial charge in [-0.15, -0.1) is 11.3 Å². The van der Waals surface area contributed by atoms with Crippen LogP contribution in [-0.4, -0.2) is 34.2 Å². The van der Waals surface area contributed by atoms with Gasteiger partial charge in [-0.05, 0) is 51.3 Å². The molecule has 2 atom stereocenters. The van der Waals surface area contributed by atoms with Crippen molar-refractivity contribution in [2.75, 3.05) is 12.8 Å².